The largest absolute Gasteiger partial charge is 0.438 e. The number of carbonyl (C=O) groups excluding carboxylic acids is 1. The standard InChI is InChI=1S/C19H16N2O3S/c1-10-7-16(22)24-14-8-11(5-6-12(10)14)23-18-17-13-3-2-4-15(13)25-19(17)21-9-20-18/h5-6,8-10H,2-4,7H2,1H3. The summed E-state index contributed by atoms with van der Waals surface area (Å²) < 4.78 is 11.5. The van der Waals surface area contributed by atoms with Gasteiger partial charge in [0.25, 0.3) is 0 Å². The molecule has 0 saturated carbocycles. The third kappa shape index (κ3) is 2.40. The zero-order chi connectivity index (χ0) is 17.0. The summed E-state index contributed by atoms with van der Waals surface area (Å²) in [6, 6.07) is 5.66. The highest BCUT2D eigenvalue weighted by Crippen LogP contribution is 2.42. The highest BCUT2D eigenvalue weighted by atomic mass is 32.1. The number of hydrogen-bond acceptors (Lipinski definition) is 6. The van der Waals surface area contributed by atoms with Gasteiger partial charge in [0.1, 0.15) is 22.7 Å². The molecule has 25 heavy (non-hydrogen) atoms. The second-order valence-electron chi connectivity index (χ2n) is 6.60. The van der Waals surface area contributed by atoms with Crippen molar-refractivity contribution in [2.24, 2.45) is 0 Å². The van der Waals surface area contributed by atoms with E-state index in [9.17, 15) is 4.79 Å². The maximum Gasteiger partial charge on any atom is 0.311 e. The third-order valence-corrected chi connectivity index (χ3v) is 6.09. The predicted molar refractivity (Wildman–Crippen MR) is 94.6 cm³/mol. The van der Waals surface area contributed by atoms with Crippen LogP contribution >= 0.6 is 11.3 Å². The summed E-state index contributed by atoms with van der Waals surface area (Å²) in [5.41, 5.74) is 2.37. The van der Waals surface area contributed by atoms with Crippen molar-refractivity contribution in [3.05, 3.63) is 40.5 Å². The minimum Gasteiger partial charge on any atom is -0.438 e. The molecule has 1 unspecified atom stereocenters. The molecule has 0 N–H and O–H groups in total. The van der Waals surface area contributed by atoms with E-state index in [0.717, 1.165) is 28.6 Å². The Hall–Kier alpha value is -2.47. The summed E-state index contributed by atoms with van der Waals surface area (Å²) >= 11 is 1.73. The van der Waals surface area contributed by atoms with Gasteiger partial charge >= 0.3 is 5.97 Å². The van der Waals surface area contributed by atoms with E-state index in [2.05, 4.69) is 9.97 Å². The maximum atomic E-state index is 11.7. The van der Waals surface area contributed by atoms with Gasteiger partial charge < -0.3 is 9.47 Å². The van der Waals surface area contributed by atoms with Crippen LogP contribution in [0.5, 0.6) is 17.4 Å². The molecule has 0 radical (unpaired) electrons. The van der Waals surface area contributed by atoms with Crippen LogP contribution in [0.15, 0.2) is 24.5 Å². The van der Waals surface area contributed by atoms with Crippen LogP contribution in [-0.2, 0) is 17.6 Å². The van der Waals surface area contributed by atoms with E-state index >= 15 is 0 Å². The molecule has 2 aromatic heterocycles. The van der Waals surface area contributed by atoms with E-state index < -0.39 is 0 Å². The average Bonchev–Trinajstić information content (AvgIpc) is 3.15. The van der Waals surface area contributed by atoms with Gasteiger partial charge in [0.05, 0.1) is 11.8 Å². The topological polar surface area (TPSA) is 61.3 Å². The molecule has 5 nitrogen and oxygen atoms in total. The van der Waals surface area contributed by atoms with Crippen LogP contribution in [0.25, 0.3) is 10.2 Å². The third-order valence-electron chi connectivity index (χ3n) is 4.89. The van der Waals surface area contributed by atoms with Crippen molar-refractivity contribution in [3.63, 3.8) is 0 Å². The van der Waals surface area contributed by atoms with E-state index in [1.165, 1.54) is 16.9 Å². The fourth-order valence-corrected chi connectivity index (χ4v) is 4.91. The fourth-order valence-electron chi connectivity index (χ4n) is 3.69. The lowest BCUT2D eigenvalue weighted by molar-refractivity contribution is -0.135. The van der Waals surface area contributed by atoms with Gasteiger partial charge in [0.15, 0.2) is 0 Å². The van der Waals surface area contributed by atoms with Crippen molar-refractivity contribution in [1.82, 2.24) is 9.97 Å². The Morgan fingerprint density at radius 2 is 2.20 bits per heavy atom. The van der Waals surface area contributed by atoms with Crippen molar-refractivity contribution in [1.29, 1.82) is 0 Å². The summed E-state index contributed by atoms with van der Waals surface area (Å²) in [6.07, 6.45) is 5.31. The Bertz CT molecular complexity index is 1010. The minimum atomic E-state index is -0.197. The number of aryl methyl sites for hydroxylation is 2. The number of benzene rings is 1. The number of esters is 1. The molecule has 6 heteroatoms. The highest BCUT2D eigenvalue weighted by Gasteiger charge is 2.25. The molecule has 2 aliphatic rings. The Morgan fingerprint density at radius 1 is 1.28 bits per heavy atom. The molecule has 1 atom stereocenters. The molecule has 1 aromatic carbocycles. The molecular formula is C19H16N2O3S. The van der Waals surface area contributed by atoms with Crippen LogP contribution in [0, 0.1) is 0 Å². The van der Waals surface area contributed by atoms with Gasteiger partial charge in [-0.2, -0.15) is 0 Å². The molecule has 0 spiro atoms. The van der Waals surface area contributed by atoms with Crippen LogP contribution in [0.2, 0.25) is 0 Å². The molecule has 126 valence electrons. The molecule has 3 heterocycles. The number of nitrogens with zero attached hydrogens (tertiary/aromatic N) is 2. The SMILES string of the molecule is CC1CC(=O)Oc2cc(Oc3ncnc4sc5c(c34)CCC5)ccc21. The van der Waals surface area contributed by atoms with Gasteiger partial charge in [-0.25, -0.2) is 9.97 Å². The van der Waals surface area contributed by atoms with Gasteiger partial charge in [-0.15, -0.1) is 11.3 Å². The second kappa shape index (κ2) is 5.52. The maximum absolute atomic E-state index is 11.7. The number of hydrogen-bond donors (Lipinski definition) is 0. The smallest absolute Gasteiger partial charge is 0.311 e. The van der Waals surface area contributed by atoms with E-state index in [1.807, 2.05) is 19.1 Å². The van der Waals surface area contributed by atoms with Crippen molar-refractivity contribution in [2.45, 2.75) is 38.5 Å². The van der Waals surface area contributed by atoms with Crippen LogP contribution in [0.4, 0.5) is 0 Å². The van der Waals surface area contributed by atoms with E-state index in [1.54, 1.807) is 23.7 Å². The van der Waals surface area contributed by atoms with Gasteiger partial charge in [-0.05, 0) is 42.4 Å². The molecule has 1 aliphatic carbocycles. The molecule has 0 bridgehead atoms. The molecule has 0 saturated heterocycles. The first-order valence-corrected chi connectivity index (χ1v) is 9.28. The normalized spacial score (nSPS) is 18.8. The number of carbonyl (C=O) groups is 1. The van der Waals surface area contributed by atoms with Crippen LogP contribution < -0.4 is 9.47 Å². The van der Waals surface area contributed by atoms with Gasteiger partial charge in [0, 0.05) is 10.9 Å². The van der Waals surface area contributed by atoms with Gasteiger partial charge in [-0.1, -0.05) is 13.0 Å². The van der Waals surface area contributed by atoms with Crippen molar-refractivity contribution in [3.8, 4) is 17.4 Å². The van der Waals surface area contributed by atoms with E-state index in [0.29, 0.717) is 23.8 Å². The van der Waals surface area contributed by atoms with E-state index in [-0.39, 0.29) is 11.9 Å². The monoisotopic (exact) mass is 352 g/mol. The van der Waals surface area contributed by atoms with Crippen LogP contribution in [0.3, 0.4) is 0 Å². The summed E-state index contributed by atoms with van der Waals surface area (Å²) in [7, 11) is 0. The fraction of sp³-hybridized carbons (Fsp3) is 0.316. The minimum absolute atomic E-state index is 0.163. The molecule has 0 fully saturated rings. The number of aromatic nitrogens is 2. The summed E-state index contributed by atoms with van der Waals surface area (Å²) in [4.78, 5) is 22.8. The number of thiophene rings is 1. The molecule has 3 aromatic rings. The Morgan fingerprint density at radius 3 is 3.12 bits per heavy atom. The van der Waals surface area contributed by atoms with Crippen molar-refractivity contribution in [2.75, 3.05) is 0 Å². The molecule has 0 amide bonds. The summed E-state index contributed by atoms with van der Waals surface area (Å²) in [6.45, 7) is 2.03. The Labute approximate surface area is 148 Å². The van der Waals surface area contributed by atoms with Crippen LogP contribution in [-0.4, -0.2) is 15.9 Å². The van der Waals surface area contributed by atoms with Gasteiger partial charge in [0.2, 0.25) is 5.88 Å². The van der Waals surface area contributed by atoms with Gasteiger partial charge in [-0.3, -0.25) is 4.79 Å². The first kappa shape index (κ1) is 14.8. The Balaban J connectivity index is 1.55. The summed E-state index contributed by atoms with van der Waals surface area (Å²) in [5.74, 6) is 1.76. The Kier molecular flexibility index (Phi) is 3.28. The number of rotatable bonds is 2. The first-order chi connectivity index (χ1) is 12.2. The second-order valence-corrected chi connectivity index (χ2v) is 7.68. The zero-order valence-corrected chi connectivity index (χ0v) is 14.6. The lowest BCUT2D eigenvalue weighted by Gasteiger charge is -2.21. The number of fused-ring (bicyclic) bond motifs is 4. The summed E-state index contributed by atoms with van der Waals surface area (Å²) in [5, 5.41) is 1.03. The van der Waals surface area contributed by atoms with Crippen LogP contribution in [0.1, 0.15) is 41.7 Å². The quantitative estimate of drug-likeness (QED) is 0.506. The molecule has 1 aliphatic heterocycles. The lowest BCUT2D eigenvalue weighted by Crippen LogP contribution is -2.18. The first-order valence-electron chi connectivity index (χ1n) is 8.47. The highest BCUT2D eigenvalue weighted by molar-refractivity contribution is 7.18. The zero-order valence-electron chi connectivity index (χ0n) is 13.7. The molecular weight excluding hydrogens is 336 g/mol. The van der Waals surface area contributed by atoms with E-state index in [4.69, 9.17) is 9.47 Å². The van der Waals surface area contributed by atoms with Crippen molar-refractivity contribution < 1.29 is 14.3 Å². The predicted octanol–water partition coefficient (Wildman–Crippen LogP) is 4.38. The number of ether oxygens (including phenoxy) is 2. The lowest BCUT2D eigenvalue weighted by atomic mass is 9.95. The molecule has 5 rings (SSSR count). The van der Waals surface area contributed by atoms with Crippen molar-refractivity contribution >= 4 is 27.5 Å². The average molecular weight is 352 g/mol.